The van der Waals surface area contributed by atoms with Crippen LogP contribution in [0.2, 0.25) is 0 Å². The lowest BCUT2D eigenvalue weighted by molar-refractivity contribution is -0.384. The Hall–Kier alpha value is -4.15. The number of nitro benzene ring substituents is 1. The molecular weight excluding hydrogens is 366 g/mol. The maximum absolute atomic E-state index is 11.9. The average molecular weight is 381 g/mol. The van der Waals surface area contributed by atoms with Crippen LogP contribution in [0.1, 0.15) is 12.5 Å². The van der Waals surface area contributed by atoms with Gasteiger partial charge in [-0.05, 0) is 47.2 Å². The first-order chi connectivity index (χ1) is 13.5. The number of rotatable bonds is 7. The Bertz CT molecular complexity index is 1000. The third-order valence-corrected chi connectivity index (χ3v) is 3.64. The summed E-state index contributed by atoms with van der Waals surface area (Å²) in [5, 5.41) is 25.7. The first kappa shape index (κ1) is 18.6. The van der Waals surface area contributed by atoms with Gasteiger partial charge in [0.25, 0.3) is 11.6 Å². The Morgan fingerprint density at radius 3 is 2.75 bits per heavy atom. The second-order valence-corrected chi connectivity index (χ2v) is 5.58. The summed E-state index contributed by atoms with van der Waals surface area (Å²) < 4.78 is 6.79. The standard InChI is InChI=1S/C17H15N7O4/c1-12(13-3-2-4-15(9-13)23-11-18-21-22-23)19-20-17(25)10-28-16-7-5-14(6-8-16)24(26)27/h2-9,11H,10H2,1H3,(H,20,25). The van der Waals surface area contributed by atoms with Crippen molar-refractivity contribution in [3.63, 3.8) is 0 Å². The van der Waals surface area contributed by atoms with E-state index in [4.69, 9.17) is 4.74 Å². The third-order valence-electron chi connectivity index (χ3n) is 3.64. The van der Waals surface area contributed by atoms with E-state index in [0.717, 1.165) is 11.3 Å². The minimum Gasteiger partial charge on any atom is -0.484 e. The van der Waals surface area contributed by atoms with Crippen molar-refractivity contribution in [2.24, 2.45) is 5.10 Å². The van der Waals surface area contributed by atoms with Crippen LogP contribution in [-0.4, -0.2) is 43.4 Å². The van der Waals surface area contributed by atoms with Gasteiger partial charge in [0.2, 0.25) is 0 Å². The number of hydrogen-bond donors (Lipinski definition) is 1. The number of benzene rings is 2. The predicted octanol–water partition coefficient (Wildman–Crippen LogP) is 1.49. The van der Waals surface area contributed by atoms with Crippen molar-refractivity contribution in [3.8, 4) is 11.4 Å². The molecule has 1 aromatic heterocycles. The number of ether oxygens (including phenoxy) is 1. The highest BCUT2D eigenvalue weighted by atomic mass is 16.6. The molecule has 0 atom stereocenters. The summed E-state index contributed by atoms with van der Waals surface area (Å²) in [6.07, 6.45) is 1.48. The SMILES string of the molecule is CC(=NNC(=O)COc1ccc([N+](=O)[O-])cc1)c1cccc(-n2cnnn2)c1. The van der Waals surface area contributed by atoms with Gasteiger partial charge >= 0.3 is 0 Å². The second-order valence-electron chi connectivity index (χ2n) is 5.58. The van der Waals surface area contributed by atoms with Gasteiger partial charge in [-0.3, -0.25) is 14.9 Å². The summed E-state index contributed by atoms with van der Waals surface area (Å²) in [4.78, 5) is 22.0. The lowest BCUT2D eigenvalue weighted by atomic mass is 10.1. The zero-order chi connectivity index (χ0) is 19.9. The number of nitrogens with one attached hydrogen (secondary N) is 1. The van der Waals surface area contributed by atoms with Crippen LogP contribution in [0.15, 0.2) is 60.0 Å². The van der Waals surface area contributed by atoms with E-state index in [1.807, 2.05) is 24.3 Å². The number of nitrogens with zero attached hydrogens (tertiary/aromatic N) is 6. The molecule has 1 amide bonds. The quantitative estimate of drug-likeness (QED) is 0.372. The van der Waals surface area contributed by atoms with Gasteiger partial charge in [-0.25, -0.2) is 10.1 Å². The van der Waals surface area contributed by atoms with E-state index < -0.39 is 10.8 Å². The molecule has 0 aliphatic carbocycles. The van der Waals surface area contributed by atoms with Gasteiger partial charge in [0, 0.05) is 12.1 Å². The molecule has 1 heterocycles. The van der Waals surface area contributed by atoms with Crippen molar-refractivity contribution in [2.75, 3.05) is 6.61 Å². The molecule has 3 rings (SSSR count). The van der Waals surface area contributed by atoms with Crippen molar-refractivity contribution in [2.45, 2.75) is 6.92 Å². The van der Waals surface area contributed by atoms with E-state index in [-0.39, 0.29) is 12.3 Å². The highest BCUT2D eigenvalue weighted by Gasteiger charge is 2.07. The number of nitro groups is 1. The van der Waals surface area contributed by atoms with Crippen molar-refractivity contribution in [3.05, 3.63) is 70.5 Å². The van der Waals surface area contributed by atoms with Crippen LogP contribution in [0, 0.1) is 10.1 Å². The Morgan fingerprint density at radius 2 is 2.07 bits per heavy atom. The Morgan fingerprint density at radius 1 is 1.29 bits per heavy atom. The number of aromatic nitrogens is 4. The summed E-state index contributed by atoms with van der Waals surface area (Å²) in [5.41, 5.74) is 4.47. The fourth-order valence-electron chi connectivity index (χ4n) is 2.21. The molecule has 3 aromatic rings. The smallest absolute Gasteiger partial charge is 0.277 e. The lowest BCUT2D eigenvalue weighted by Crippen LogP contribution is -2.25. The maximum atomic E-state index is 11.9. The number of carbonyl (C=O) groups excluding carboxylic acids is 1. The zero-order valence-corrected chi connectivity index (χ0v) is 14.7. The van der Waals surface area contributed by atoms with Gasteiger partial charge in [0.15, 0.2) is 6.61 Å². The molecule has 0 radical (unpaired) electrons. The van der Waals surface area contributed by atoms with Crippen LogP contribution < -0.4 is 10.2 Å². The normalized spacial score (nSPS) is 11.1. The number of hydrogen-bond acceptors (Lipinski definition) is 8. The van der Waals surface area contributed by atoms with Crippen LogP contribution in [0.4, 0.5) is 5.69 Å². The molecule has 0 saturated heterocycles. The monoisotopic (exact) mass is 381 g/mol. The van der Waals surface area contributed by atoms with Gasteiger partial charge in [-0.1, -0.05) is 12.1 Å². The number of tetrazole rings is 1. The lowest BCUT2D eigenvalue weighted by Gasteiger charge is -2.06. The number of amides is 1. The Kier molecular flexibility index (Phi) is 5.65. The van der Waals surface area contributed by atoms with Gasteiger partial charge in [0.05, 0.1) is 16.3 Å². The molecule has 11 nitrogen and oxygen atoms in total. The molecule has 0 spiro atoms. The van der Waals surface area contributed by atoms with Gasteiger partial charge in [-0.2, -0.15) is 5.10 Å². The molecule has 11 heteroatoms. The zero-order valence-electron chi connectivity index (χ0n) is 14.7. The van der Waals surface area contributed by atoms with Crippen molar-refractivity contribution in [1.29, 1.82) is 0 Å². The Balaban J connectivity index is 1.56. The van der Waals surface area contributed by atoms with E-state index in [9.17, 15) is 14.9 Å². The average Bonchev–Trinajstić information content (AvgIpc) is 3.26. The minimum absolute atomic E-state index is 0.0547. The fraction of sp³-hybridized carbons (Fsp3) is 0.118. The summed E-state index contributed by atoms with van der Waals surface area (Å²) in [7, 11) is 0. The predicted molar refractivity (Wildman–Crippen MR) is 98.1 cm³/mol. The van der Waals surface area contributed by atoms with Crippen LogP contribution in [0.25, 0.3) is 5.69 Å². The first-order valence-electron chi connectivity index (χ1n) is 8.07. The van der Waals surface area contributed by atoms with Crippen molar-refractivity contribution in [1.82, 2.24) is 25.6 Å². The Labute approximate surface area is 158 Å². The summed E-state index contributed by atoms with van der Waals surface area (Å²) in [5.74, 6) is -0.120. The van der Waals surface area contributed by atoms with E-state index in [1.54, 1.807) is 6.92 Å². The van der Waals surface area contributed by atoms with Crippen LogP contribution in [0.3, 0.4) is 0 Å². The highest BCUT2D eigenvalue weighted by Crippen LogP contribution is 2.17. The van der Waals surface area contributed by atoms with Gasteiger partial charge < -0.3 is 4.74 Å². The van der Waals surface area contributed by atoms with Crippen molar-refractivity contribution >= 4 is 17.3 Å². The molecule has 0 bridgehead atoms. The molecule has 1 N–H and O–H groups in total. The van der Waals surface area contributed by atoms with E-state index in [0.29, 0.717) is 11.5 Å². The van der Waals surface area contributed by atoms with Gasteiger partial charge in [-0.15, -0.1) is 5.10 Å². The van der Waals surface area contributed by atoms with Crippen LogP contribution in [-0.2, 0) is 4.79 Å². The fourth-order valence-corrected chi connectivity index (χ4v) is 2.21. The largest absolute Gasteiger partial charge is 0.484 e. The molecule has 0 unspecified atom stereocenters. The van der Waals surface area contributed by atoms with Crippen LogP contribution in [0.5, 0.6) is 5.75 Å². The maximum Gasteiger partial charge on any atom is 0.277 e. The molecule has 0 aliphatic rings. The molecule has 0 aliphatic heterocycles. The summed E-state index contributed by atoms with van der Waals surface area (Å²) in [6.45, 7) is 1.47. The van der Waals surface area contributed by atoms with Crippen LogP contribution >= 0.6 is 0 Å². The molecule has 0 fully saturated rings. The number of carbonyl (C=O) groups is 1. The molecule has 28 heavy (non-hydrogen) atoms. The highest BCUT2D eigenvalue weighted by molar-refractivity contribution is 5.99. The van der Waals surface area contributed by atoms with E-state index in [2.05, 4.69) is 26.1 Å². The molecular formula is C17H15N7O4. The molecule has 2 aromatic carbocycles. The summed E-state index contributed by atoms with van der Waals surface area (Å²) in [6, 6.07) is 12.8. The number of hydrazone groups is 1. The minimum atomic E-state index is -0.512. The molecule has 0 saturated carbocycles. The van der Waals surface area contributed by atoms with Crippen molar-refractivity contribution < 1.29 is 14.5 Å². The summed E-state index contributed by atoms with van der Waals surface area (Å²) >= 11 is 0. The first-order valence-corrected chi connectivity index (χ1v) is 8.07. The number of non-ortho nitro benzene ring substituents is 1. The molecule has 142 valence electrons. The third kappa shape index (κ3) is 4.72. The topological polar surface area (TPSA) is 137 Å². The van der Waals surface area contributed by atoms with E-state index >= 15 is 0 Å². The van der Waals surface area contributed by atoms with Gasteiger partial charge in [0.1, 0.15) is 12.1 Å². The second kappa shape index (κ2) is 8.49. The van der Waals surface area contributed by atoms with E-state index in [1.165, 1.54) is 35.3 Å².